The average molecular weight is 309 g/mol. The van der Waals surface area contributed by atoms with Crippen molar-refractivity contribution < 1.29 is 23.8 Å². The van der Waals surface area contributed by atoms with Crippen molar-refractivity contribution in [3.63, 3.8) is 0 Å². The summed E-state index contributed by atoms with van der Waals surface area (Å²) in [6.07, 6.45) is 0. The van der Waals surface area contributed by atoms with Crippen molar-refractivity contribution >= 4 is 11.9 Å². The number of fused-ring (bicyclic) bond motifs is 2. The third-order valence-corrected chi connectivity index (χ3v) is 2.64. The third-order valence-electron chi connectivity index (χ3n) is 2.64. The van der Waals surface area contributed by atoms with E-state index in [1.54, 1.807) is 20.8 Å². The van der Waals surface area contributed by atoms with E-state index in [4.69, 9.17) is 15.2 Å². The fourth-order valence-corrected chi connectivity index (χ4v) is 1.59. The highest BCUT2D eigenvalue weighted by atomic mass is 16.6. The maximum absolute atomic E-state index is 11.3. The van der Waals surface area contributed by atoms with Gasteiger partial charge in [0.1, 0.15) is 24.7 Å². The molecule has 0 radical (unpaired) electrons. The van der Waals surface area contributed by atoms with Gasteiger partial charge in [-0.1, -0.05) is 12.1 Å². The molecule has 1 unspecified atom stereocenters. The van der Waals surface area contributed by atoms with Crippen LogP contribution in [0.3, 0.4) is 0 Å². The summed E-state index contributed by atoms with van der Waals surface area (Å²) in [6, 6.07) is 8.10. The second-order valence-corrected chi connectivity index (χ2v) is 5.82. The fraction of sp³-hybridized carbons (Fsp3) is 0.500. The second kappa shape index (κ2) is 7.79. The minimum Gasteiger partial charge on any atom is -0.489 e. The van der Waals surface area contributed by atoms with Gasteiger partial charge in [0.2, 0.25) is 0 Å². The molecule has 22 heavy (non-hydrogen) atoms. The first-order chi connectivity index (χ1) is 10.2. The lowest BCUT2D eigenvalue weighted by Crippen LogP contribution is -2.32. The van der Waals surface area contributed by atoms with Gasteiger partial charge >= 0.3 is 11.9 Å². The van der Waals surface area contributed by atoms with Gasteiger partial charge in [-0.25, -0.2) is 0 Å². The lowest BCUT2D eigenvalue weighted by atomic mass is 10.1. The summed E-state index contributed by atoms with van der Waals surface area (Å²) in [5.74, 6) is -1.20. The zero-order valence-corrected chi connectivity index (χ0v) is 13.4. The standard InChI is InChI=1S/C9H17NO4.C7H6O/c1-6(7(11)13-5-10)8(12)14-9(2,3)4;1-2-6-4-7(3-1)8-5-6/h6H,5,10H2,1-4H3;1-4H,5H2. The predicted molar refractivity (Wildman–Crippen MR) is 80.9 cm³/mol. The monoisotopic (exact) mass is 309 g/mol. The highest BCUT2D eigenvalue weighted by Gasteiger charge is 2.28. The zero-order valence-electron chi connectivity index (χ0n) is 13.4. The number of rotatable bonds is 3. The second-order valence-electron chi connectivity index (χ2n) is 5.82. The summed E-state index contributed by atoms with van der Waals surface area (Å²) in [6.45, 7) is 7.14. The number of carbonyl (C=O) groups is 2. The Morgan fingerprint density at radius 3 is 2.50 bits per heavy atom. The molecule has 6 heteroatoms. The van der Waals surface area contributed by atoms with Gasteiger partial charge in [-0.15, -0.1) is 0 Å². The molecule has 1 aromatic rings. The number of hydrogen-bond acceptors (Lipinski definition) is 6. The van der Waals surface area contributed by atoms with Gasteiger partial charge in [0.15, 0.2) is 5.92 Å². The molecule has 0 aromatic heterocycles. The van der Waals surface area contributed by atoms with Crippen molar-refractivity contribution in [2.45, 2.75) is 39.9 Å². The molecular weight excluding hydrogens is 286 g/mol. The van der Waals surface area contributed by atoms with Crippen LogP contribution in [0.2, 0.25) is 0 Å². The van der Waals surface area contributed by atoms with Crippen molar-refractivity contribution in [2.24, 2.45) is 11.7 Å². The van der Waals surface area contributed by atoms with Crippen molar-refractivity contribution in [1.82, 2.24) is 0 Å². The molecule has 2 bridgehead atoms. The van der Waals surface area contributed by atoms with Gasteiger partial charge in [0.05, 0.1) is 0 Å². The molecule has 1 aliphatic heterocycles. The lowest BCUT2D eigenvalue weighted by Gasteiger charge is -2.21. The molecule has 6 nitrogen and oxygen atoms in total. The molecule has 1 heterocycles. The van der Waals surface area contributed by atoms with E-state index in [-0.39, 0.29) is 6.73 Å². The summed E-state index contributed by atoms with van der Waals surface area (Å²) in [5, 5.41) is 0. The zero-order chi connectivity index (χ0) is 16.8. The van der Waals surface area contributed by atoms with Gasteiger partial charge in [0, 0.05) is 0 Å². The molecule has 2 rings (SSSR count). The van der Waals surface area contributed by atoms with E-state index in [1.807, 2.05) is 12.1 Å². The van der Waals surface area contributed by atoms with Crippen LogP contribution in [-0.4, -0.2) is 24.3 Å². The first-order valence-electron chi connectivity index (χ1n) is 7.04. The van der Waals surface area contributed by atoms with Crippen LogP contribution < -0.4 is 10.5 Å². The molecule has 1 aliphatic rings. The van der Waals surface area contributed by atoms with Crippen molar-refractivity contribution in [3.8, 4) is 5.75 Å². The Kier molecular flexibility index (Phi) is 6.37. The van der Waals surface area contributed by atoms with Crippen molar-refractivity contribution in [3.05, 3.63) is 29.8 Å². The van der Waals surface area contributed by atoms with Crippen LogP contribution in [0, 0.1) is 5.92 Å². The molecule has 0 saturated heterocycles. The number of hydrogen-bond donors (Lipinski definition) is 1. The smallest absolute Gasteiger partial charge is 0.321 e. The van der Waals surface area contributed by atoms with E-state index in [2.05, 4.69) is 16.9 Å². The van der Waals surface area contributed by atoms with E-state index >= 15 is 0 Å². The normalized spacial score (nSPS) is 13.3. The molecule has 122 valence electrons. The Balaban J connectivity index is 0.000000249. The van der Waals surface area contributed by atoms with Crippen LogP contribution >= 0.6 is 0 Å². The van der Waals surface area contributed by atoms with Crippen LogP contribution in [0.5, 0.6) is 5.75 Å². The molecule has 0 fully saturated rings. The molecule has 1 atom stereocenters. The minimum absolute atomic E-state index is 0.230. The van der Waals surface area contributed by atoms with Gasteiger partial charge in [-0.2, -0.15) is 0 Å². The van der Waals surface area contributed by atoms with E-state index in [1.165, 1.54) is 12.5 Å². The summed E-state index contributed by atoms with van der Waals surface area (Å²) < 4.78 is 14.6. The number of carbonyl (C=O) groups excluding carboxylic acids is 2. The number of esters is 2. The minimum atomic E-state index is -0.933. The van der Waals surface area contributed by atoms with Gasteiger partial charge in [0.25, 0.3) is 0 Å². The van der Waals surface area contributed by atoms with E-state index in [9.17, 15) is 9.59 Å². The Hall–Kier alpha value is -2.08. The quantitative estimate of drug-likeness (QED) is 0.522. The summed E-state index contributed by atoms with van der Waals surface area (Å²) in [7, 11) is 0. The highest BCUT2D eigenvalue weighted by Crippen LogP contribution is 2.20. The van der Waals surface area contributed by atoms with E-state index in [0.29, 0.717) is 0 Å². The fourth-order valence-electron chi connectivity index (χ4n) is 1.59. The molecule has 0 saturated carbocycles. The largest absolute Gasteiger partial charge is 0.489 e. The van der Waals surface area contributed by atoms with E-state index < -0.39 is 23.5 Å². The Morgan fingerprint density at radius 1 is 1.32 bits per heavy atom. The molecule has 0 amide bonds. The predicted octanol–water partition coefficient (Wildman–Crippen LogP) is 2.00. The van der Waals surface area contributed by atoms with E-state index in [0.717, 1.165) is 12.4 Å². The maximum Gasteiger partial charge on any atom is 0.321 e. The maximum atomic E-state index is 11.3. The van der Waals surface area contributed by atoms with Crippen LogP contribution in [0.25, 0.3) is 0 Å². The Morgan fingerprint density at radius 2 is 2.00 bits per heavy atom. The average Bonchev–Trinajstić information content (AvgIpc) is 2.75. The summed E-state index contributed by atoms with van der Waals surface area (Å²) in [5.41, 5.74) is 5.68. The van der Waals surface area contributed by atoms with Crippen LogP contribution in [0.1, 0.15) is 33.3 Å². The number of benzene rings is 1. The molecule has 2 N–H and O–H groups in total. The van der Waals surface area contributed by atoms with Gasteiger partial charge < -0.3 is 14.2 Å². The SMILES string of the molecule is CC(C(=O)OCN)C(=O)OC(C)(C)C.c1cc2cc(c1)OC2. The molecular formula is C16H23NO5. The Labute approximate surface area is 130 Å². The van der Waals surface area contributed by atoms with Gasteiger partial charge in [-0.05, 0) is 45.4 Å². The number of ether oxygens (including phenoxy) is 3. The first kappa shape index (κ1) is 18.0. The molecule has 0 aliphatic carbocycles. The molecule has 1 aromatic carbocycles. The van der Waals surface area contributed by atoms with Crippen molar-refractivity contribution in [1.29, 1.82) is 0 Å². The molecule has 0 spiro atoms. The first-order valence-corrected chi connectivity index (χ1v) is 7.04. The van der Waals surface area contributed by atoms with Crippen LogP contribution in [0.15, 0.2) is 24.3 Å². The Bertz CT molecular complexity index is 502. The lowest BCUT2D eigenvalue weighted by molar-refractivity contribution is -0.168. The number of nitrogens with two attached hydrogens (primary N) is 1. The summed E-state index contributed by atoms with van der Waals surface area (Å²) in [4.78, 5) is 22.4. The van der Waals surface area contributed by atoms with Gasteiger partial charge in [-0.3, -0.25) is 15.3 Å². The highest BCUT2D eigenvalue weighted by molar-refractivity contribution is 5.94. The van der Waals surface area contributed by atoms with Crippen LogP contribution in [-0.2, 0) is 25.7 Å². The van der Waals surface area contributed by atoms with Crippen molar-refractivity contribution in [2.75, 3.05) is 6.73 Å². The third kappa shape index (κ3) is 6.13. The van der Waals surface area contributed by atoms with Crippen LogP contribution in [0.4, 0.5) is 0 Å². The summed E-state index contributed by atoms with van der Waals surface area (Å²) >= 11 is 0. The topological polar surface area (TPSA) is 87.9 Å².